The predicted octanol–water partition coefficient (Wildman–Crippen LogP) is 5.16. The first kappa shape index (κ1) is 41.2. The van der Waals surface area contributed by atoms with Crippen LogP contribution in [0.15, 0.2) is 0 Å². The van der Waals surface area contributed by atoms with Gasteiger partial charge in [-0.25, -0.2) is 0 Å². The van der Waals surface area contributed by atoms with E-state index in [1.165, 1.54) is 27.7 Å². The standard InChI is InChI=1S/C14H24O5.C7H13BrO2.C7H12O3/c1-5-18-13(17)14(4,11(2)15)9-7-6-8-10-19-12(3)16;1-7(9)10-6-4-2-3-5-8;1-4-10-7(9)5(2)6(3)8/h5-10H2,1-4H3;2-6H2,1H3;5H,4H2,1-3H3. The first-order chi connectivity index (χ1) is 18.2. The molecule has 0 spiro atoms. The topological polar surface area (TPSA) is 139 Å². The van der Waals surface area contributed by atoms with E-state index in [1.807, 2.05) is 0 Å². The second-order valence-electron chi connectivity index (χ2n) is 8.93. The van der Waals surface area contributed by atoms with E-state index < -0.39 is 23.3 Å². The molecule has 39 heavy (non-hydrogen) atoms. The quantitative estimate of drug-likeness (QED) is 0.0700. The van der Waals surface area contributed by atoms with Crippen LogP contribution in [0, 0.1) is 11.3 Å². The Morgan fingerprint density at radius 1 is 0.692 bits per heavy atom. The molecule has 0 aromatic heterocycles. The molecule has 10 nitrogen and oxygen atoms in total. The van der Waals surface area contributed by atoms with Crippen molar-refractivity contribution in [3.05, 3.63) is 0 Å². The highest BCUT2D eigenvalue weighted by Crippen LogP contribution is 2.27. The van der Waals surface area contributed by atoms with Crippen molar-refractivity contribution in [1.82, 2.24) is 0 Å². The van der Waals surface area contributed by atoms with Crippen LogP contribution in [0.4, 0.5) is 0 Å². The van der Waals surface area contributed by atoms with Crippen LogP contribution in [0.5, 0.6) is 0 Å². The smallest absolute Gasteiger partial charge is 0.319 e. The zero-order valence-electron chi connectivity index (χ0n) is 25.0. The van der Waals surface area contributed by atoms with Crippen molar-refractivity contribution in [2.75, 3.05) is 31.8 Å². The zero-order valence-corrected chi connectivity index (χ0v) is 26.6. The summed E-state index contributed by atoms with van der Waals surface area (Å²) in [6, 6.07) is 0. The van der Waals surface area contributed by atoms with Gasteiger partial charge in [0.25, 0.3) is 0 Å². The number of carbonyl (C=O) groups excluding carboxylic acids is 6. The van der Waals surface area contributed by atoms with Gasteiger partial charge >= 0.3 is 23.9 Å². The summed E-state index contributed by atoms with van der Waals surface area (Å²) in [5, 5.41) is 1.03. The maximum absolute atomic E-state index is 11.8. The normalized spacial score (nSPS) is 12.1. The Balaban J connectivity index is -0.000000547. The van der Waals surface area contributed by atoms with Crippen molar-refractivity contribution in [1.29, 1.82) is 0 Å². The van der Waals surface area contributed by atoms with Crippen LogP contribution in [0.2, 0.25) is 0 Å². The van der Waals surface area contributed by atoms with Crippen molar-refractivity contribution < 1.29 is 47.7 Å². The van der Waals surface area contributed by atoms with Crippen LogP contribution in [0.3, 0.4) is 0 Å². The lowest BCUT2D eigenvalue weighted by molar-refractivity contribution is -0.159. The van der Waals surface area contributed by atoms with Crippen LogP contribution in [-0.4, -0.2) is 67.2 Å². The van der Waals surface area contributed by atoms with E-state index in [4.69, 9.17) is 14.2 Å². The molecule has 0 saturated heterocycles. The molecule has 0 amide bonds. The van der Waals surface area contributed by atoms with E-state index in [0.717, 1.165) is 43.9 Å². The number of hydrogen-bond donors (Lipinski definition) is 0. The molecule has 0 radical (unpaired) electrons. The highest BCUT2D eigenvalue weighted by Gasteiger charge is 2.39. The highest BCUT2D eigenvalue weighted by atomic mass is 79.9. The molecule has 0 aromatic carbocycles. The molecule has 0 saturated carbocycles. The zero-order chi connectivity index (χ0) is 30.9. The number of rotatable bonds is 17. The molecule has 0 bridgehead atoms. The first-order valence-electron chi connectivity index (χ1n) is 13.4. The minimum Gasteiger partial charge on any atom is -0.466 e. The Bertz CT molecular complexity index is 738. The fraction of sp³-hybridized carbons (Fsp3) is 0.786. The van der Waals surface area contributed by atoms with E-state index >= 15 is 0 Å². The first-order valence-corrected chi connectivity index (χ1v) is 14.5. The number of ketones is 2. The summed E-state index contributed by atoms with van der Waals surface area (Å²) in [6.45, 7) is 13.7. The number of hydrogen-bond acceptors (Lipinski definition) is 10. The lowest BCUT2D eigenvalue weighted by atomic mass is 9.81. The summed E-state index contributed by atoms with van der Waals surface area (Å²) in [5.74, 6) is -2.30. The van der Waals surface area contributed by atoms with Gasteiger partial charge in [0.05, 0.1) is 26.4 Å². The van der Waals surface area contributed by atoms with Crippen molar-refractivity contribution in [3.63, 3.8) is 0 Å². The predicted molar refractivity (Wildman–Crippen MR) is 151 cm³/mol. The van der Waals surface area contributed by atoms with Crippen molar-refractivity contribution in [3.8, 4) is 0 Å². The van der Waals surface area contributed by atoms with Crippen LogP contribution in [0.25, 0.3) is 0 Å². The Hall–Kier alpha value is -2.30. The Labute approximate surface area is 242 Å². The molecule has 0 fully saturated rings. The highest BCUT2D eigenvalue weighted by molar-refractivity contribution is 9.09. The fourth-order valence-electron chi connectivity index (χ4n) is 2.71. The third-order valence-electron chi connectivity index (χ3n) is 5.46. The summed E-state index contributed by atoms with van der Waals surface area (Å²) in [6.07, 6.45) is 5.97. The van der Waals surface area contributed by atoms with Crippen molar-refractivity contribution >= 4 is 51.4 Å². The monoisotopic (exact) mass is 624 g/mol. The Kier molecular flexibility index (Phi) is 27.4. The SMILES string of the molecule is CC(=O)OCCCCCBr.CCOC(=O)C(C)(CCCCCOC(C)=O)C(C)=O.CCOC(=O)C(C)C(C)=O. The molecule has 0 aromatic rings. The summed E-state index contributed by atoms with van der Waals surface area (Å²) >= 11 is 3.32. The van der Waals surface area contributed by atoms with Crippen LogP contribution >= 0.6 is 15.9 Å². The summed E-state index contributed by atoms with van der Waals surface area (Å²) in [4.78, 5) is 65.5. The maximum Gasteiger partial charge on any atom is 0.319 e. The van der Waals surface area contributed by atoms with Crippen molar-refractivity contribution in [2.24, 2.45) is 11.3 Å². The summed E-state index contributed by atoms with van der Waals surface area (Å²) < 4.78 is 19.1. The molecule has 0 rings (SSSR count). The minimum atomic E-state index is -1.06. The molecule has 228 valence electrons. The van der Waals surface area contributed by atoms with Gasteiger partial charge in [-0.05, 0) is 73.6 Å². The van der Waals surface area contributed by atoms with E-state index in [0.29, 0.717) is 26.2 Å². The van der Waals surface area contributed by atoms with E-state index in [-0.39, 0.29) is 30.1 Å². The lowest BCUT2D eigenvalue weighted by Gasteiger charge is -2.24. The number of ether oxygens (including phenoxy) is 4. The third kappa shape index (κ3) is 24.5. The van der Waals surface area contributed by atoms with Crippen LogP contribution < -0.4 is 0 Å². The van der Waals surface area contributed by atoms with Gasteiger partial charge in [0, 0.05) is 19.2 Å². The maximum atomic E-state index is 11.8. The van der Waals surface area contributed by atoms with Crippen molar-refractivity contribution in [2.45, 2.75) is 100 Å². The van der Waals surface area contributed by atoms with E-state index in [9.17, 15) is 28.8 Å². The molecule has 0 aliphatic heterocycles. The molecule has 0 aliphatic rings. The van der Waals surface area contributed by atoms with Crippen LogP contribution in [0.1, 0.15) is 100 Å². The molecular weight excluding hydrogens is 576 g/mol. The van der Waals surface area contributed by atoms with E-state index in [1.54, 1.807) is 27.7 Å². The molecule has 2 atom stereocenters. The van der Waals surface area contributed by atoms with Gasteiger partial charge in [0.2, 0.25) is 0 Å². The van der Waals surface area contributed by atoms with Gasteiger partial charge in [0.15, 0.2) is 0 Å². The van der Waals surface area contributed by atoms with Gasteiger partial charge in [-0.3, -0.25) is 28.8 Å². The molecule has 2 unspecified atom stereocenters. The van der Waals surface area contributed by atoms with Crippen LogP contribution in [-0.2, 0) is 47.7 Å². The average molecular weight is 626 g/mol. The molecule has 0 N–H and O–H groups in total. The van der Waals surface area contributed by atoms with Gasteiger partial charge in [-0.1, -0.05) is 28.8 Å². The summed E-state index contributed by atoms with van der Waals surface area (Å²) in [5.41, 5.74) is -1.06. The Morgan fingerprint density at radius 2 is 1.15 bits per heavy atom. The van der Waals surface area contributed by atoms with Gasteiger partial charge in [-0.2, -0.15) is 0 Å². The van der Waals surface area contributed by atoms with E-state index in [2.05, 4.69) is 20.7 Å². The second-order valence-corrected chi connectivity index (χ2v) is 9.73. The third-order valence-corrected chi connectivity index (χ3v) is 6.02. The average Bonchev–Trinajstić information content (AvgIpc) is 2.85. The molecular formula is C28H49BrO10. The molecule has 0 aliphatic carbocycles. The number of alkyl halides is 1. The largest absolute Gasteiger partial charge is 0.466 e. The fourth-order valence-corrected chi connectivity index (χ4v) is 3.10. The number of carbonyl (C=O) groups is 6. The number of esters is 4. The minimum absolute atomic E-state index is 0.154. The van der Waals surface area contributed by atoms with Gasteiger partial charge in [-0.15, -0.1) is 0 Å². The Morgan fingerprint density at radius 3 is 1.51 bits per heavy atom. The number of unbranched alkanes of at least 4 members (excludes halogenated alkanes) is 4. The number of Topliss-reactive ketones (excluding diaryl/α,β-unsaturated/α-hetero) is 2. The second kappa shape index (κ2) is 26.0. The van der Waals surface area contributed by atoms with Gasteiger partial charge in [0.1, 0.15) is 22.9 Å². The lowest BCUT2D eigenvalue weighted by Crippen LogP contribution is -2.36. The summed E-state index contributed by atoms with van der Waals surface area (Å²) in [7, 11) is 0. The number of halogens is 1. The van der Waals surface area contributed by atoms with Gasteiger partial charge < -0.3 is 18.9 Å². The molecule has 0 heterocycles. The molecule has 11 heteroatoms.